The Hall–Kier alpha value is -1.64. The van der Waals surface area contributed by atoms with Gasteiger partial charge in [0.1, 0.15) is 16.8 Å². The standard InChI is InChI=1S/C21H23BrN2OS/c1-21(2,3)14-5-7-16-17(11-23)20(26-19(16)10-14)24-12-13-9-15(22)6-8-18(13)25-4/h6,8-9,12,14H,5,7,10H2,1-4H3/t14-/m1/s1. The number of nitriles is 1. The molecular formula is C21H23BrN2OS. The van der Waals surface area contributed by atoms with Crippen molar-refractivity contribution in [2.75, 3.05) is 7.11 Å². The van der Waals surface area contributed by atoms with Gasteiger partial charge in [-0.15, -0.1) is 11.3 Å². The lowest BCUT2D eigenvalue weighted by Crippen LogP contribution is -2.26. The third-order valence-corrected chi connectivity index (χ3v) is 6.75. The molecule has 0 fully saturated rings. The average molecular weight is 431 g/mol. The molecule has 0 aliphatic heterocycles. The molecule has 1 aliphatic rings. The molecule has 1 aromatic heterocycles. The van der Waals surface area contributed by atoms with Gasteiger partial charge in [0.2, 0.25) is 0 Å². The summed E-state index contributed by atoms with van der Waals surface area (Å²) in [4.78, 5) is 5.99. The van der Waals surface area contributed by atoms with Crippen LogP contribution in [0.3, 0.4) is 0 Å². The van der Waals surface area contributed by atoms with Crippen molar-refractivity contribution < 1.29 is 4.74 Å². The van der Waals surface area contributed by atoms with Gasteiger partial charge < -0.3 is 4.74 Å². The van der Waals surface area contributed by atoms with Crippen LogP contribution in [0.25, 0.3) is 0 Å². The van der Waals surface area contributed by atoms with Crippen molar-refractivity contribution in [2.45, 2.75) is 40.0 Å². The first-order valence-corrected chi connectivity index (χ1v) is 10.4. The monoisotopic (exact) mass is 430 g/mol. The lowest BCUT2D eigenvalue weighted by atomic mass is 9.72. The zero-order valence-electron chi connectivity index (χ0n) is 15.6. The Bertz CT molecular complexity index is 887. The molecule has 0 amide bonds. The number of hydrogen-bond donors (Lipinski definition) is 0. The molecule has 0 saturated carbocycles. The molecule has 1 atom stereocenters. The molecule has 2 aromatic rings. The van der Waals surface area contributed by atoms with Crippen molar-refractivity contribution in [2.24, 2.45) is 16.3 Å². The SMILES string of the molecule is COc1ccc(Br)cc1C=Nc1sc2c(c1C#N)CC[C@@H](C(C)(C)C)C2. The highest BCUT2D eigenvalue weighted by atomic mass is 79.9. The smallest absolute Gasteiger partial charge is 0.134 e. The van der Waals surface area contributed by atoms with Crippen molar-refractivity contribution >= 4 is 38.5 Å². The first-order valence-electron chi connectivity index (χ1n) is 8.75. The van der Waals surface area contributed by atoms with E-state index in [4.69, 9.17) is 4.74 Å². The molecule has 0 N–H and O–H groups in total. The molecule has 0 bridgehead atoms. The topological polar surface area (TPSA) is 45.4 Å². The van der Waals surface area contributed by atoms with Crippen LogP contribution in [-0.4, -0.2) is 13.3 Å². The lowest BCUT2D eigenvalue weighted by Gasteiger charge is -2.33. The van der Waals surface area contributed by atoms with Crippen molar-refractivity contribution in [1.82, 2.24) is 0 Å². The minimum atomic E-state index is 0.293. The van der Waals surface area contributed by atoms with Gasteiger partial charge in [-0.3, -0.25) is 0 Å². The fourth-order valence-corrected chi connectivity index (χ4v) is 5.05. The van der Waals surface area contributed by atoms with Crippen LogP contribution in [0.2, 0.25) is 0 Å². The molecule has 0 saturated heterocycles. The summed E-state index contributed by atoms with van der Waals surface area (Å²) in [5.41, 5.74) is 3.15. The summed E-state index contributed by atoms with van der Waals surface area (Å²) in [5, 5.41) is 10.5. The third kappa shape index (κ3) is 3.87. The molecule has 5 heteroatoms. The highest BCUT2D eigenvalue weighted by Crippen LogP contribution is 2.44. The van der Waals surface area contributed by atoms with Crippen LogP contribution < -0.4 is 4.74 Å². The maximum absolute atomic E-state index is 9.68. The number of benzene rings is 1. The van der Waals surface area contributed by atoms with E-state index in [1.54, 1.807) is 24.7 Å². The molecule has 1 heterocycles. The van der Waals surface area contributed by atoms with Gasteiger partial charge >= 0.3 is 0 Å². The van der Waals surface area contributed by atoms with Gasteiger partial charge in [-0.25, -0.2) is 4.99 Å². The number of nitrogens with zero attached hydrogens (tertiary/aromatic N) is 2. The summed E-state index contributed by atoms with van der Waals surface area (Å²) in [6.45, 7) is 6.92. The van der Waals surface area contributed by atoms with E-state index in [0.29, 0.717) is 11.3 Å². The van der Waals surface area contributed by atoms with Crippen molar-refractivity contribution in [3.8, 4) is 11.8 Å². The number of rotatable bonds is 3. The second kappa shape index (κ2) is 7.54. The largest absolute Gasteiger partial charge is 0.496 e. The quantitative estimate of drug-likeness (QED) is 0.536. The molecule has 1 aliphatic carbocycles. The highest BCUT2D eigenvalue weighted by Gasteiger charge is 2.32. The maximum Gasteiger partial charge on any atom is 0.134 e. The molecular weight excluding hydrogens is 408 g/mol. The zero-order valence-corrected chi connectivity index (χ0v) is 18.0. The Kier molecular flexibility index (Phi) is 5.55. The van der Waals surface area contributed by atoms with Crippen LogP contribution >= 0.6 is 27.3 Å². The number of methoxy groups -OCH3 is 1. The van der Waals surface area contributed by atoms with Gasteiger partial charge in [0.05, 0.1) is 12.7 Å². The van der Waals surface area contributed by atoms with Crippen LogP contribution in [0.5, 0.6) is 5.75 Å². The van der Waals surface area contributed by atoms with Gasteiger partial charge in [-0.05, 0) is 54.4 Å². The summed E-state index contributed by atoms with van der Waals surface area (Å²) >= 11 is 5.15. The normalized spacial score (nSPS) is 17.2. The zero-order chi connectivity index (χ0) is 18.9. The van der Waals surface area contributed by atoms with E-state index in [-0.39, 0.29) is 0 Å². The Morgan fingerprint density at radius 2 is 2.15 bits per heavy atom. The Labute approximate surface area is 167 Å². The maximum atomic E-state index is 9.68. The second-order valence-electron chi connectivity index (χ2n) is 7.75. The van der Waals surface area contributed by atoms with Crippen LogP contribution in [0.4, 0.5) is 5.00 Å². The minimum Gasteiger partial charge on any atom is -0.496 e. The van der Waals surface area contributed by atoms with Gasteiger partial charge in [-0.2, -0.15) is 5.26 Å². The number of halogens is 1. The van der Waals surface area contributed by atoms with E-state index < -0.39 is 0 Å². The average Bonchev–Trinajstić information content (AvgIpc) is 2.95. The van der Waals surface area contributed by atoms with Crippen LogP contribution in [-0.2, 0) is 12.8 Å². The van der Waals surface area contributed by atoms with Crippen molar-refractivity contribution in [3.63, 3.8) is 0 Å². The van der Waals surface area contributed by atoms with Gasteiger partial charge in [0.25, 0.3) is 0 Å². The van der Waals surface area contributed by atoms with Crippen LogP contribution in [0.15, 0.2) is 27.7 Å². The van der Waals surface area contributed by atoms with E-state index in [2.05, 4.69) is 47.8 Å². The fourth-order valence-electron chi connectivity index (χ4n) is 3.45. The number of ether oxygens (including phenoxy) is 1. The van der Waals surface area contributed by atoms with E-state index >= 15 is 0 Å². The van der Waals surface area contributed by atoms with E-state index in [0.717, 1.165) is 45.6 Å². The van der Waals surface area contributed by atoms with E-state index in [1.165, 1.54) is 10.4 Å². The Morgan fingerprint density at radius 1 is 1.38 bits per heavy atom. The van der Waals surface area contributed by atoms with Gasteiger partial charge in [0.15, 0.2) is 0 Å². The highest BCUT2D eigenvalue weighted by molar-refractivity contribution is 9.10. The first-order chi connectivity index (χ1) is 12.3. The fraction of sp³-hybridized carbons (Fsp3) is 0.429. The molecule has 3 nitrogen and oxygen atoms in total. The summed E-state index contributed by atoms with van der Waals surface area (Å²) in [7, 11) is 1.65. The number of hydrogen-bond acceptors (Lipinski definition) is 4. The van der Waals surface area contributed by atoms with Gasteiger partial charge in [-0.1, -0.05) is 36.7 Å². The van der Waals surface area contributed by atoms with E-state index in [9.17, 15) is 5.26 Å². The van der Waals surface area contributed by atoms with Crippen molar-refractivity contribution in [1.29, 1.82) is 5.26 Å². The third-order valence-electron chi connectivity index (χ3n) is 5.10. The Morgan fingerprint density at radius 3 is 2.81 bits per heavy atom. The summed E-state index contributed by atoms with van der Waals surface area (Å²) < 4.78 is 6.38. The molecule has 3 rings (SSSR count). The molecule has 1 aromatic carbocycles. The first kappa shape index (κ1) is 19.1. The molecule has 0 radical (unpaired) electrons. The minimum absolute atomic E-state index is 0.293. The molecule has 0 unspecified atom stereocenters. The van der Waals surface area contributed by atoms with Crippen molar-refractivity contribution in [3.05, 3.63) is 44.2 Å². The van der Waals surface area contributed by atoms with Crippen LogP contribution in [0, 0.1) is 22.7 Å². The lowest BCUT2D eigenvalue weighted by molar-refractivity contribution is 0.218. The molecule has 26 heavy (non-hydrogen) atoms. The summed E-state index contributed by atoms with van der Waals surface area (Å²) in [5.74, 6) is 1.42. The second-order valence-corrected chi connectivity index (χ2v) is 9.75. The number of fused-ring (bicyclic) bond motifs is 1. The predicted molar refractivity (Wildman–Crippen MR) is 112 cm³/mol. The molecule has 0 spiro atoms. The summed E-state index contributed by atoms with van der Waals surface area (Å²) in [6.07, 6.45) is 4.97. The summed E-state index contributed by atoms with van der Waals surface area (Å²) in [6, 6.07) is 8.20. The number of aliphatic imine (C=N–C) groups is 1. The Balaban J connectivity index is 1.94. The number of thiophene rings is 1. The van der Waals surface area contributed by atoms with Gasteiger partial charge in [0, 0.05) is 21.1 Å². The molecule has 136 valence electrons. The van der Waals surface area contributed by atoms with E-state index in [1.807, 2.05) is 18.2 Å². The van der Waals surface area contributed by atoms with Crippen LogP contribution in [0.1, 0.15) is 48.8 Å². The predicted octanol–water partition coefficient (Wildman–Crippen LogP) is 6.29.